The highest BCUT2D eigenvalue weighted by Crippen LogP contribution is 2.42. The maximum atomic E-state index is 5.48. The summed E-state index contributed by atoms with van der Waals surface area (Å²) in [6, 6.07) is 0. The van der Waals surface area contributed by atoms with Gasteiger partial charge in [-0.05, 0) is 42.5 Å². The van der Waals surface area contributed by atoms with E-state index >= 15 is 0 Å². The van der Waals surface area contributed by atoms with Crippen molar-refractivity contribution in [2.75, 3.05) is 26.3 Å². The van der Waals surface area contributed by atoms with E-state index in [1.807, 2.05) is 30.8 Å². The minimum atomic E-state index is 0.756. The number of imidazole rings is 1. The van der Waals surface area contributed by atoms with E-state index in [2.05, 4.69) is 21.4 Å². The van der Waals surface area contributed by atoms with Crippen LogP contribution >= 0.6 is 23.1 Å². The third-order valence-electron chi connectivity index (χ3n) is 5.60. The van der Waals surface area contributed by atoms with Crippen LogP contribution in [0.2, 0.25) is 0 Å². The molecule has 6 nitrogen and oxygen atoms in total. The molecule has 0 aromatic carbocycles. The largest absolute Gasteiger partial charge is 0.379 e. The van der Waals surface area contributed by atoms with Gasteiger partial charge in [0.2, 0.25) is 0 Å². The van der Waals surface area contributed by atoms with Gasteiger partial charge in [-0.2, -0.15) is 0 Å². The molecule has 5 rings (SSSR count). The van der Waals surface area contributed by atoms with Crippen molar-refractivity contribution in [3.8, 4) is 0 Å². The first-order valence-electron chi connectivity index (χ1n) is 9.94. The molecule has 0 amide bonds. The molecule has 3 aromatic rings. The van der Waals surface area contributed by atoms with Gasteiger partial charge in [0.1, 0.15) is 15.7 Å². The Bertz CT molecular complexity index is 992. The van der Waals surface area contributed by atoms with Gasteiger partial charge >= 0.3 is 0 Å². The lowest BCUT2D eigenvalue weighted by Gasteiger charge is -2.25. The minimum absolute atomic E-state index is 0.756. The molecule has 3 aromatic heterocycles. The summed E-state index contributed by atoms with van der Waals surface area (Å²) in [4.78, 5) is 19.6. The standard InChI is InChI=1S/C20H25N5OS2/c1-13-3-4-14-15(11-13)27-18-17(14)19(28-20-21-5-6-24(20)2)23-16(22-18)12-25-7-9-26-10-8-25/h5-6,13H,3-4,7-12H2,1-2H3/t13-/m1/s1. The molecule has 28 heavy (non-hydrogen) atoms. The summed E-state index contributed by atoms with van der Waals surface area (Å²) in [6.45, 7) is 6.62. The number of nitrogens with zero attached hydrogens (tertiary/aromatic N) is 5. The highest BCUT2D eigenvalue weighted by atomic mass is 32.2. The van der Waals surface area contributed by atoms with Crippen LogP contribution in [0.5, 0.6) is 0 Å². The summed E-state index contributed by atoms with van der Waals surface area (Å²) >= 11 is 3.54. The van der Waals surface area contributed by atoms with Gasteiger partial charge in [0.25, 0.3) is 0 Å². The second kappa shape index (κ2) is 7.74. The van der Waals surface area contributed by atoms with Crippen molar-refractivity contribution in [3.63, 3.8) is 0 Å². The number of thiophene rings is 1. The van der Waals surface area contributed by atoms with Crippen LogP contribution in [0.3, 0.4) is 0 Å². The first-order chi connectivity index (χ1) is 13.7. The van der Waals surface area contributed by atoms with E-state index in [9.17, 15) is 0 Å². The van der Waals surface area contributed by atoms with Crippen molar-refractivity contribution >= 4 is 33.3 Å². The molecule has 0 radical (unpaired) electrons. The van der Waals surface area contributed by atoms with E-state index in [-0.39, 0.29) is 0 Å². The average Bonchev–Trinajstić information content (AvgIpc) is 3.25. The zero-order chi connectivity index (χ0) is 19.1. The minimum Gasteiger partial charge on any atom is -0.379 e. The molecule has 0 bridgehead atoms. The van der Waals surface area contributed by atoms with E-state index in [0.717, 1.165) is 66.0 Å². The van der Waals surface area contributed by atoms with Gasteiger partial charge in [-0.15, -0.1) is 11.3 Å². The lowest BCUT2D eigenvalue weighted by atomic mass is 9.89. The Kier molecular flexibility index (Phi) is 5.13. The quantitative estimate of drug-likeness (QED) is 0.608. The van der Waals surface area contributed by atoms with Crippen LogP contribution in [-0.4, -0.2) is 50.7 Å². The average molecular weight is 416 g/mol. The summed E-state index contributed by atoms with van der Waals surface area (Å²) in [7, 11) is 2.03. The first kappa shape index (κ1) is 18.5. The zero-order valence-electron chi connectivity index (χ0n) is 16.3. The Morgan fingerprint density at radius 1 is 1.29 bits per heavy atom. The van der Waals surface area contributed by atoms with E-state index in [1.165, 1.54) is 28.7 Å². The van der Waals surface area contributed by atoms with Crippen molar-refractivity contribution in [1.82, 2.24) is 24.4 Å². The maximum absolute atomic E-state index is 5.48. The van der Waals surface area contributed by atoms with Crippen LogP contribution in [0.25, 0.3) is 10.2 Å². The number of fused-ring (bicyclic) bond motifs is 3. The molecule has 8 heteroatoms. The van der Waals surface area contributed by atoms with Gasteiger partial charge < -0.3 is 9.30 Å². The van der Waals surface area contributed by atoms with Crippen molar-refractivity contribution in [2.45, 2.75) is 42.9 Å². The summed E-state index contributed by atoms with van der Waals surface area (Å²) in [5.41, 5.74) is 1.48. The highest BCUT2D eigenvalue weighted by Gasteiger charge is 2.25. The Morgan fingerprint density at radius 3 is 2.93 bits per heavy atom. The van der Waals surface area contributed by atoms with Crippen LogP contribution in [-0.2, 0) is 31.2 Å². The van der Waals surface area contributed by atoms with E-state index in [1.54, 1.807) is 11.8 Å². The van der Waals surface area contributed by atoms with Gasteiger partial charge in [-0.3, -0.25) is 4.90 Å². The molecule has 0 unspecified atom stereocenters. The number of hydrogen-bond acceptors (Lipinski definition) is 7. The molecule has 1 aliphatic carbocycles. The second-order valence-electron chi connectivity index (χ2n) is 7.79. The Morgan fingerprint density at radius 2 is 2.14 bits per heavy atom. The molecule has 2 aliphatic rings. The molecule has 0 saturated carbocycles. The van der Waals surface area contributed by atoms with Crippen LogP contribution in [0.1, 0.15) is 29.6 Å². The SMILES string of the molecule is C[C@@H]1CCc2c(sc3nc(CN4CCOCC4)nc(Sc4nccn4C)c23)C1. The van der Waals surface area contributed by atoms with Gasteiger partial charge in [-0.25, -0.2) is 15.0 Å². The maximum Gasteiger partial charge on any atom is 0.174 e. The van der Waals surface area contributed by atoms with E-state index < -0.39 is 0 Å². The molecular formula is C20H25N5OS2. The molecule has 1 saturated heterocycles. The zero-order valence-corrected chi connectivity index (χ0v) is 18.0. The molecule has 0 N–H and O–H groups in total. The van der Waals surface area contributed by atoms with E-state index in [0.29, 0.717) is 0 Å². The monoisotopic (exact) mass is 415 g/mol. The predicted molar refractivity (Wildman–Crippen MR) is 112 cm³/mol. The number of morpholine rings is 1. The van der Waals surface area contributed by atoms with Crippen molar-refractivity contribution in [3.05, 3.63) is 28.7 Å². The number of aromatic nitrogens is 4. The molecule has 148 valence electrons. The molecule has 1 atom stereocenters. The molecule has 4 heterocycles. The van der Waals surface area contributed by atoms with Crippen molar-refractivity contribution < 1.29 is 4.74 Å². The van der Waals surface area contributed by atoms with Gasteiger partial charge in [0, 0.05) is 42.8 Å². The summed E-state index contributed by atoms with van der Waals surface area (Å²) in [6.07, 6.45) is 7.39. The van der Waals surface area contributed by atoms with Crippen LogP contribution < -0.4 is 0 Å². The van der Waals surface area contributed by atoms with Gasteiger partial charge in [0.15, 0.2) is 5.16 Å². The molecule has 0 spiro atoms. The fourth-order valence-corrected chi connectivity index (χ4v) is 6.42. The van der Waals surface area contributed by atoms with Crippen LogP contribution in [0, 0.1) is 5.92 Å². The lowest BCUT2D eigenvalue weighted by molar-refractivity contribution is 0.0330. The van der Waals surface area contributed by atoms with Crippen molar-refractivity contribution in [1.29, 1.82) is 0 Å². The lowest BCUT2D eigenvalue weighted by Crippen LogP contribution is -2.36. The number of aryl methyl sites for hydroxylation is 2. The summed E-state index contributed by atoms with van der Waals surface area (Å²) in [5, 5.41) is 3.31. The first-order valence-corrected chi connectivity index (χ1v) is 11.6. The summed E-state index contributed by atoms with van der Waals surface area (Å²) in [5.74, 6) is 1.67. The van der Waals surface area contributed by atoms with Crippen LogP contribution in [0.15, 0.2) is 22.6 Å². The fraction of sp³-hybridized carbons (Fsp3) is 0.550. The summed E-state index contributed by atoms with van der Waals surface area (Å²) < 4.78 is 7.54. The fourth-order valence-electron chi connectivity index (χ4n) is 3.99. The predicted octanol–water partition coefficient (Wildman–Crippen LogP) is 3.53. The highest BCUT2D eigenvalue weighted by molar-refractivity contribution is 7.99. The molecule has 1 fully saturated rings. The number of ether oxygens (including phenoxy) is 1. The Hall–Kier alpha value is -1.48. The normalized spacial score (nSPS) is 20.6. The Labute approximate surface area is 173 Å². The smallest absolute Gasteiger partial charge is 0.174 e. The number of hydrogen-bond donors (Lipinski definition) is 0. The molecule has 1 aliphatic heterocycles. The Balaban J connectivity index is 1.57. The van der Waals surface area contributed by atoms with E-state index in [4.69, 9.17) is 14.7 Å². The third-order valence-corrected chi connectivity index (χ3v) is 7.81. The third kappa shape index (κ3) is 3.58. The van der Waals surface area contributed by atoms with Crippen LogP contribution in [0.4, 0.5) is 0 Å². The van der Waals surface area contributed by atoms with Gasteiger partial charge in [-0.1, -0.05) is 6.92 Å². The molecular weight excluding hydrogens is 390 g/mol. The van der Waals surface area contributed by atoms with Gasteiger partial charge in [0.05, 0.1) is 19.8 Å². The topological polar surface area (TPSA) is 56.1 Å². The second-order valence-corrected chi connectivity index (χ2v) is 9.83. The van der Waals surface area contributed by atoms with Crippen molar-refractivity contribution in [2.24, 2.45) is 13.0 Å². The number of rotatable bonds is 4.